The van der Waals surface area contributed by atoms with E-state index < -0.39 is 5.97 Å². The van der Waals surface area contributed by atoms with E-state index in [1.165, 1.54) is 0 Å². The van der Waals surface area contributed by atoms with Gasteiger partial charge in [0.1, 0.15) is 5.69 Å². The van der Waals surface area contributed by atoms with Crippen molar-refractivity contribution in [3.63, 3.8) is 0 Å². The summed E-state index contributed by atoms with van der Waals surface area (Å²) >= 11 is 6.36. The van der Waals surface area contributed by atoms with Gasteiger partial charge in [0.05, 0.1) is 12.1 Å². The number of aromatic nitrogens is 1. The predicted molar refractivity (Wildman–Crippen MR) is 92.9 cm³/mol. The zero-order chi connectivity index (χ0) is 16.4. The van der Waals surface area contributed by atoms with Gasteiger partial charge in [0.25, 0.3) is 0 Å². The lowest BCUT2D eigenvalue weighted by molar-refractivity contribution is 0.0520. The molecule has 2 aromatic carbocycles. The van der Waals surface area contributed by atoms with Gasteiger partial charge in [-0.15, -0.1) is 0 Å². The van der Waals surface area contributed by atoms with E-state index in [9.17, 15) is 4.79 Å². The highest BCUT2D eigenvalue weighted by Crippen LogP contribution is 2.34. The number of ether oxygens (including phenoxy) is 1. The second kappa shape index (κ2) is 6.39. The molecular weight excluding hydrogens is 310 g/mol. The van der Waals surface area contributed by atoms with E-state index in [1.807, 2.05) is 43.3 Å². The van der Waals surface area contributed by atoms with Crippen LogP contribution in [0.25, 0.3) is 22.0 Å². The van der Waals surface area contributed by atoms with Gasteiger partial charge in [0, 0.05) is 16.0 Å². The minimum Gasteiger partial charge on any atom is -0.461 e. The van der Waals surface area contributed by atoms with Gasteiger partial charge < -0.3 is 4.74 Å². The van der Waals surface area contributed by atoms with E-state index >= 15 is 0 Å². The van der Waals surface area contributed by atoms with Gasteiger partial charge >= 0.3 is 5.97 Å². The molecule has 0 aliphatic carbocycles. The molecule has 3 rings (SSSR count). The van der Waals surface area contributed by atoms with Crippen LogP contribution in [0.3, 0.4) is 0 Å². The molecule has 0 amide bonds. The molecule has 3 aromatic rings. The summed E-state index contributed by atoms with van der Waals surface area (Å²) in [4.78, 5) is 16.5. The first-order valence-electron chi connectivity index (χ1n) is 7.43. The highest BCUT2D eigenvalue weighted by molar-refractivity contribution is 6.33. The van der Waals surface area contributed by atoms with Gasteiger partial charge in [-0.05, 0) is 43.7 Å². The Kier molecular flexibility index (Phi) is 4.30. The van der Waals surface area contributed by atoms with Gasteiger partial charge in [-0.2, -0.15) is 0 Å². The number of fused-ring (bicyclic) bond motifs is 1. The van der Waals surface area contributed by atoms with Crippen LogP contribution in [0.4, 0.5) is 0 Å². The number of carbonyl (C=O) groups excluding carboxylic acids is 1. The van der Waals surface area contributed by atoms with E-state index in [1.54, 1.807) is 13.0 Å². The zero-order valence-corrected chi connectivity index (χ0v) is 13.7. The number of halogens is 1. The van der Waals surface area contributed by atoms with Crippen molar-refractivity contribution >= 4 is 28.5 Å². The van der Waals surface area contributed by atoms with Crippen molar-refractivity contribution in [2.24, 2.45) is 0 Å². The molecule has 0 aliphatic heterocycles. The highest BCUT2D eigenvalue weighted by Gasteiger charge is 2.15. The maximum Gasteiger partial charge on any atom is 0.356 e. The Morgan fingerprint density at radius 2 is 1.91 bits per heavy atom. The average Bonchev–Trinajstić information content (AvgIpc) is 2.55. The lowest BCUT2D eigenvalue weighted by atomic mass is 9.99. The highest BCUT2D eigenvalue weighted by atomic mass is 35.5. The summed E-state index contributed by atoms with van der Waals surface area (Å²) in [5.74, 6) is -0.428. The van der Waals surface area contributed by atoms with Crippen LogP contribution in [0.2, 0.25) is 5.02 Å². The number of rotatable bonds is 3. The quantitative estimate of drug-likeness (QED) is 0.633. The Bertz CT molecular complexity index is 890. The first kappa shape index (κ1) is 15.5. The van der Waals surface area contributed by atoms with Crippen molar-refractivity contribution < 1.29 is 9.53 Å². The van der Waals surface area contributed by atoms with Crippen LogP contribution in [0.5, 0.6) is 0 Å². The monoisotopic (exact) mass is 325 g/mol. The summed E-state index contributed by atoms with van der Waals surface area (Å²) in [6.45, 7) is 4.11. The molecule has 1 aromatic heterocycles. The molecule has 116 valence electrons. The van der Waals surface area contributed by atoms with Crippen LogP contribution in [0.15, 0.2) is 48.5 Å². The summed E-state index contributed by atoms with van der Waals surface area (Å²) in [5, 5.41) is 1.60. The van der Waals surface area contributed by atoms with Crippen LogP contribution >= 0.6 is 11.6 Å². The second-order valence-electron chi connectivity index (χ2n) is 5.28. The van der Waals surface area contributed by atoms with Crippen molar-refractivity contribution in [1.82, 2.24) is 4.98 Å². The molecule has 0 unspecified atom stereocenters. The van der Waals surface area contributed by atoms with Crippen LogP contribution < -0.4 is 0 Å². The van der Waals surface area contributed by atoms with E-state index in [0.717, 1.165) is 27.6 Å². The maximum absolute atomic E-state index is 12.1. The summed E-state index contributed by atoms with van der Waals surface area (Å²) in [6.07, 6.45) is 0. The maximum atomic E-state index is 12.1. The Morgan fingerprint density at radius 1 is 1.13 bits per heavy atom. The summed E-state index contributed by atoms with van der Waals surface area (Å²) in [6, 6.07) is 15.3. The molecule has 0 aliphatic rings. The predicted octanol–water partition coefficient (Wildman–Crippen LogP) is 5.04. The largest absolute Gasteiger partial charge is 0.461 e. The fraction of sp³-hybridized carbons (Fsp3) is 0.158. The lowest BCUT2D eigenvalue weighted by Crippen LogP contribution is -2.07. The van der Waals surface area contributed by atoms with Crippen molar-refractivity contribution in [1.29, 1.82) is 0 Å². The SMILES string of the molecule is CCOC(=O)c1cc(-c2ccccc2Cl)c2cc(C)ccc2n1. The van der Waals surface area contributed by atoms with Crippen molar-refractivity contribution in [2.75, 3.05) is 6.61 Å². The molecule has 23 heavy (non-hydrogen) atoms. The number of pyridine rings is 1. The molecule has 4 heteroatoms. The number of hydrogen-bond acceptors (Lipinski definition) is 3. The van der Waals surface area contributed by atoms with Crippen LogP contribution in [0, 0.1) is 6.92 Å². The molecule has 0 N–H and O–H groups in total. The average molecular weight is 326 g/mol. The van der Waals surface area contributed by atoms with E-state index in [-0.39, 0.29) is 5.69 Å². The fourth-order valence-electron chi connectivity index (χ4n) is 2.55. The topological polar surface area (TPSA) is 39.2 Å². The summed E-state index contributed by atoms with van der Waals surface area (Å²) in [5.41, 5.74) is 3.91. The van der Waals surface area contributed by atoms with E-state index in [4.69, 9.17) is 16.3 Å². The normalized spacial score (nSPS) is 10.7. The smallest absolute Gasteiger partial charge is 0.356 e. The summed E-state index contributed by atoms with van der Waals surface area (Å²) < 4.78 is 5.09. The van der Waals surface area contributed by atoms with Gasteiger partial charge in [-0.1, -0.05) is 41.4 Å². The summed E-state index contributed by atoms with van der Waals surface area (Å²) in [7, 11) is 0. The third kappa shape index (κ3) is 3.06. The molecule has 0 fully saturated rings. The Hall–Kier alpha value is -2.39. The number of esters is 1. The Morgan fingerprint density at radius 3 is 2.65 bits per heavy atom. The van der Waals surface area contributed by atoms with Crippen molar-refractivity contribution in [2.45, 2.75) is 13.8 Å². The van der Waals surface area contributed by atoms with Gasteiger partial charge in [0.2, 0.25) is 0 Å². The van der Waals surface area contributed by atoms with Gasteiger partial charge in [-0.3, -0.25) is 0 Å². The van der Waals surface area contributed by atoms with Crippen LogP contribution in [-0.4, -0.2) is 17.6 Å². The van der Waals surface area contributed by atoms with Gasteiger partial charge in [0.15, 0.2) is 0 Å². The number of aryl methyl sites for hydroxylation is 1. The number of nitrogens with zero attached hydrogens (tertiary/aromatic N) is 1. The lowest BCUT2D eigenvalue weighted by Gasteiger charge is -2.11. The molecule has 0 saturated heterocycles. The minimum absolute atomic E-state index is 0.290. The molecule has 0 bridgehead atoms. The van der Waals surface area contributed by atoms with E-state index in [0.29, 0.717) is 11.6 Å². The minimum atomic E-state index is -0.428. The number of benzene rings is 2. The molecule has 1 heterocycles. The van der Waals surface area contributed by atoms with Crippen molar-refractivity contribution in [3.8, 4) is 11.1 Å². The molecule has 0 spiro atoms. The molecule has 0 saturated carbocycles. The first-order chi connectivity index (χ1) is 11.1. The third-order valence-electron chi connectivity index (χ3n) is 3.61. The van der Waals surface area contributed by atoms with Crippen molar-refractivity contribution in [3.05, 3.63) is 64.8 Å². The van der Waals surface area contributed by atoms with Crippen LogP contribution in [0.1, 0.15) is 23.0 Å². The first-order valence-corrected chi connectivity index (χ1v) is 7.81. The molecule has 0 atom stereocenters. The third-order valence-corrected chi connectivity index (χ3v) is 3.94. The molecular formula is C19H16ClNO2. The Balaban J connectivity index is 2.31. The fourth-order valence-corrected chi connectivity index (χ4v) is 2.79. The Labute approximate surface area is 139 Å². The molecule has 3 nitrogen and oxygen atoms in total. The zero-order valence-electron chi connectivity index (χ0n) is 13.0. The molecule has 0 radical (unpaired) electrons. The van der Waals surface area contributed by atoms with Gasteiger partial charge in [-0.25, -0.2) is 9.78 Å². The standard InChI is InChI=1S/C19H16ClNO2/c1-3-23-19(22)18-11-14(13-6-4-5-7-16(13)20)15-10-12(2)8-9-17(15)21-18/h4-11H,3H2,1-2H3. The van der Waals surface area contributed by atoms with E-state index in [2.05, 4.69) is 11.1 Å². The number of hydrogen-bond donors (Lipinski definition) is 0. The second-order valence-corrected chi connectivity index (χ2v) is 5.68. The van der Waals surface area contributed by atoms with Crippen LogP contribution in [-0.2, 0) is 4.74 Å². The number of carbonyl (C=O) groups is 1.